The van der Waals surface area contributed by atoms with E-state index < -0.39 is 6.10 Å². The number of unbranched alkanes of at least 4 members (excludes halogenated alkanes) is 31. The van der Waals surface area contributed by atoms with Crippen molar-refractivity contribution in [1.82, 2.24) is 0 Å². The first kappa shape index (κ1) is 53.4. The van der Waals surface area contributed by atoms with E-state index in [1.807, 2.05) is 0 Å². The van der Waals surface area contributed by atoms with Crippen LogP contribution in [0.3, 0.4) is 0 Å². The lowest BCUT2D eigenvalue weighted by Gasteiger charge is -2.18. The highest BCUT2D eigenvalue weighted by Gasteiger charge is 2.19. The molecule has 0 aromatic carbocycles. The second-order valence-electron chi connectivity index (χ2n) is 17.2. The van der Waals surface area contributed by atoms with E-state index in [0.29, 0.717) is 19.3 Å². The molecule has 6 nitrogen and oxygen atoms in total. The molecule has 6 heteroatoms. The number of carbonyl (C=O) groups excluding carboxylic acids is 3. The standard InChI is InChI=1S/C49H94O6/c1-5-7-9-11-13-14-15-16-17-18-19-20-21-22-25-29-33-37-41-48(51)54-44-46(43-53-47(50)40-36-32-27-12-10-8-6-2)55-49(52)42-38-34-30-26-23-24-28-31-35-39-45(3)4/h45-46H,5-44H2,1-4H3/t46-/m0/s1. The molecule has 1 atom stereocenters. The molecular formula is C49H94O6. The average Bonchev–Trinajstić information content (AvgIpc) is 3.17. The highest BCUT2D eigenvalue weighted by Crippen LogP contribution is 2.17. The first-order valence-electron chi connectivity index (χ1n) is 24.4. The highest BCUT2D eigenvalue weighted by molar-refractivity contribution is 5.71. The molecule has 326 valence electrons. The van der Waals surface area contributed by atoms with E-state index in [4.69, 9.17) is 14.2 Å². The molecule has 55 heavy (non-hydrogen) atoms. The van der Waals surface area contributed by atoms with Gasteiger partial charge in [0.2, 0.25) is 0 Å². The molecular weight excluding hydrogens is 685 g/mol. The molecule has 0 radical (unpaired) electrons. The summed E-state index contributed by atoms with van der Waals surface area (Å²) in [4.78, 5) is 37.7. The Morgan fingerprint density at radius 3 is 0.891 bits per heavy atom. The summed E-state index contributed by atoms with van der Waals surface area (Å²) in [6, 6.07) is 0. The maximum atomic E-state index is 12.7. The van der Waals surface area contributed by atoms with Crippen LogP contribution in [-0.4, -0.2) is 37.2 Å². The van der Waals surface area contributed by atoms with Crippen molar-refractivity contribution in [1.29, 1.82) is 0 Å². The molecule has 0 unspecified atom stereocenters. The van der Waals surface area contributed by atoms with Gasteiger partial charge in [0.05, 0.1) is 0 Å². The first-order chi connectivity index (χ1) is 26.9. The third kappa shape index (κ3) is 43.4. The maximum Gasteiger partial charge on any atom is 0.306 e. The lowest BCUT2D eigenvalue weighted by molar-refractivity contribution is -0.167. The van der Waals surface area contributed by atoms with Gasteiger partial charge in [0.25, 0.3) is 0 Å². The number of ether oxygens (including phenoxy) is 3. The quantitative estimate of drug-likeness (QED) is 0.0348. The molecule has 0 heterocycles. The normalized spacial score (nSPS) is 11.9. The molecule has 0 aromatic heterocycles. The van der Waals surface area contributed by atoms with Crippen molar-refractivity contribution in [3.8, 4) is 0 Å². The first-order valence-corrected chi connectivity index (χ1v) is 24.4. The molecule has 0 rings (SSSR count). The van der Waals surface area contributed by atoms with E-state index in [0.717, 1.165) is 63.7 Å². The zero-order valence-electron chi connectivity index (χ0n) is 37.4. The Morgan fingerprint density at radius 2 is 0.600 bits per heavy atom. The zero-order chi connectivity index (χ0) is 40.3. The monoisotopic (exact) mass is 779 g/mol. The van der Waals surface area contributed by atoms with E-state index in [1.165, 1.54) is 167 Å². The summed E-state index contributed by atoms with van der Waals surface area (Å²) < 4.78 is 16.7. The second kappa shape index (κ2) is 43.5. The number of rotatable bonds is 44. The Kier molecular flexibility index (Phi) is 42.3. The van der Waals surface area contributed by atoms with Crippen LogP contribution in [0.25, 0.3) is 0 Å². The van der Waals surface area contributed by atoms with Gasteiger partial charge in [0, 0.05) is 19.3 Å². The average molecular weight is 779 g/mol. The fraction of sp³-hybridized carbons (Fsp3) is 0.939. The lowest BCUT2D eigenvalue weighted by atomic mass is 10.0. The van der Waals surface area contributed by atoms with Crippen LogP contribution in [0.1, 0.15) is 272 Å². The van der Waals surface area contributed by atoms with Gasteiger partial charge in [-0.2, -0.15) is 0 Å². The zero-order valence-corrected chi connectivity index (χ0v) is 37.4. The summed E-state index contributed by atoms with van der Waals surface area (Å²) in [6.07, 6.45) is 43.9. The van der Waals surface area contributed by atoms with Crippen LogP contribution >= 0.6 is 0 Å². The van der Waals surface area contributed by atoms with Gasteiger partial charge >= 0.3 is 17.9 Å². The number of esters is 3. The minimum atomic E-state index is -0.759. The maximum absolute atomic E-state index is 12.7. The third-order valence-corrected chi connectivity index (χ3v) is 11.0. The molecule has 0 aromatic rings. The van der Waals surface area contributed by atoms with Gasteiger partial charge in [-0.15, -0.1) is 0 Å². The summed E-state index contributed by atoms with van der Waals surface area (Å²) >= 11 is 0. The Labute approximate surface area is 342 Å². The lowest BCUT2D eigenvalue weighted by Crippen LogP contribution is -2.30. The fourth-order valence-corrected chi connectivity index (χ4v) is 7.33. The summed E-state index contributed by atoms with van der Waals surface area (Å²) in [5.41, 5.74) is 0. The predicted octanol–water partition coefficient (Wildman–Crippen LogP) is 15.5. The Hall–Kier alpha value is -1.59. The van der Waals surface area contributed by atoms with Crippen molar-refractivity contribution in [2.45, 2.75) is 278 Å². The van der Waals surface area contributed by atoms with E-state index in [1.54, 1.807) is 0 Å². The molecule has 0 spiro atoms. The van der Waals surface area contributed by atoms with Gasteiger partial charge < -0.3 is 14.2 Å². The second-order valence-corrected chi connectivity index (χ2v) is 17.2. The predicted molar refractivity (Wildman–Crippen MR) is 233 cm³/mol. The minimum Gasteiger partial charge on any atom is -0.462 e. The molecule has 0 amide bonds. The summed E-state index contributed by atoms with van der Waals surface area (Å²) in [6.45, 7) is 8.95. The van der Waals surface area contributed by atoms with Crippen LogP contribution in [-0.2, 0) is 28.6 Å². The number of carbonyl (C=O) groups is 3. The van der Waals surface area contributed by atoms with E-state index in [2.05, 4.69) is 27.7 Å². The van der Waals surface area contributed by atoms with Crippen molar-refractivity contribution >= 4 is 17.9 Å². The van der Waals surface area contributed by atoms with Crippen molar-refractivity contribution in [2.24, 2.45) is 5.92 Å². The molecule has 0 aliphatic rings. The summed E-state index contributed by atoms with van der Waals surface area (Å²) in [7, 11) is 0. The molecule has 0 fully saturated rings. The SMILES string of the molecule is CCCCCCCCCCCCCCCCCCCCC(=O)OC[C@H](COC(=O)CCCCCCCCC)OC(=O)CCCCCCCCCCCC(C)C. The van der Waals surface area contributed by atoms with Crippen molar-refractivity contribution < 1.29 is 28.6 Å². The van der Waals surface area contributed by atoms with Crippen molar-refractivity contribution in [3.63, 3.8) is 0 Å². The Morgan fingerprint density at radius 1 is 0.345 bits per heavy atom. The molecule has 0 aliphatic heterocycles. The number of hydrogen-bond donors (Lipinski definition) is 0. The van der Waals surface area contributed by atoms with Crippen LogP contribution in [0.15, 0.2) is 0 Å². The van der Waals surface area contributed by atoms with Crippen LogP contribution < -0.4 is 0 Å². The Balaban J connectivity index is 4.18. The van der Waals surface area contributed by atoms with Crippen LogP contribution in [0.4, 0.5) is 0 Å². The van der Waals surface area contributed by atoms with E-state index in [-0.39, 0.29) is 31.1 Å². The molecule has 0 bridgehead atoms. The van der Waals surface area contributed by atoms with Gasteiger partial charge in [-0.3, -0.25) is 14.4 Å². The topological polar surface area (TPSA) is 78.9 Å². The fourth-order valence-electron chi connectivity index (χ4n) is 7.33. The van der Waals surface area contributed by atoms with Crippen LogP contribution in [0.5, 0.6) is 0 Å². The minimum absolute atomic E-state index is 0.0640. The van der Waals surface area contributed by atoms with Gasteiger partial charge in [0.15, 0.2) is 6.10 Å². The van der Waals surface area contributed by atoms with Crippen molar-refractivity contribution in [2.75, 3.05) is 13.2 Å². The van der Waals surface area contributed by atoms with Crippen LogP contribution in [0.2, 0.25) is 0 Å². The summed E-state index contributed by atoms with van der Waals surface area (Å²) in [5, 5.41) is 0. The largest absolute Gasteiger partial charge is 0.462 e. The van der Waals surface area contributed by atoms with Crippen LogP contribution in [0, 0.1) is 5.92 Å². The third-order valence-electron chi connectivity index (χ3n) is 11.0. The summed E-state index contributed by atoms with van der Waals surface area (Å²) in [5.74, 6) is -0.0516. The van der Waals surface area contributed by atoms with E-state index >= 15 is 0 Å². The van der Waals surface area contributed by atoms with E-state index in [9.17, 15) is 14.4 Å². The van der Waals surface area contributed by atoms with Gasteiger partial charge in [-0.1, -0.05) is 233 Å². The number of hydrogen-bond acceptors (Lipinski definition) is 6. The molecule has 0 N–H and O–H groups in total. The van der Waals surface area contributed by atoms with Gasteiger partial charge in [0.1, 0.15) is 13.2 Å². The molecule has 0 saturated carbocycles. The van der Waals surface area contributed by atoms with Gasteiger partial charge in [-0.25, -0.2) is 0 Å². The molecule has 0 aliphatic carbocycles. The smallest absolute Gasteiger partial charge is 0.306 e. The Bertz CT molecular complexity index is 826. The molecule has 0 saturated heterocycles. The van der Waals surface area contributed by atoms with Crippen molar-refractivity contribution in [3.05, 3.63) is 0 Å². The van der Waals surface area contributed by atoms with Gasteiger partial charge in [-0.05, 0) is 25.2 Å². The highest BCUT2D eigenvalue weighted by atomic mass is 16.6.